The molecule has 0 atom stereocenters. The van der Waals surface area contributed by atoms with Gasteiger partial charge in [-0.2, -0.15) is 0 Å². The molecule has 2 heteroatoms. The summed E-state index contributed by atoms with van der Waals surface area (Å²) in [5.74, 6) is 0.324. The molecule has 2 nitrogen and oxygen atoms in total. The van der Waals surface area contributed by atoms with Crippen LogP contribution in [0.2, 0.25) is 0 Å². The zero-order valence-corrected chi connectivity index (χ0v) is 11.2. The van der Waals surface area contributed by atoms with Crippen molar-refractivity contribution in [1.29, 1.82) is 0 Å². The monoisotopic (exact) mass is 272 g/mol. The van der Waals surface area contributed by atoms with Gasteiger partial charge in [0, 0.05) is 11.1 Å². The number of carbonyl (C=O) groups excluding carboxylic acids is 1. The topological polar surface area (TPSA) is 37.3 Å². The Morgan fingerprint density at radius 1 is 0.619 bits per heavy atom. The predicted molar refractivity (Wildman–Crippen MR) is 82.4 cm³/mol. The fourth-order valence-electron chi connectivity index (χ4n) is 2.86. The van der Waals surface area contributed by atoms with Crippen molar-refractivity contribution in [2.24, 2.45) is 0 Å². The van der Waals surface area contributed by atoms with E-state index in [0.717, 1.165) is 33.4 Å². The second-order valence-corrected chi connectivity index (χ2v) is 5.18. The maximum atomic E-state index is 12.5. The number of fused-ring (bicyclic) bond motifs is 3. The summed E-state index contributed by atoms with van der Waals surface area (Å²) in [6.45, 7) is 0. The molecule has 0 heterocycles. The molecule has 21 heavy (non-hydrogen) atoms. The highest BCUT2D eigenvalue weighted by atomic mass is 16.3. The Morgan fingerprint density at radius 3 is 2.00 bits per heavy atom. The lowest BCUT2D eigenvalue weighted by molar-refractivity contribution is 0.104. The standard InChI is InChI=1S/C19H12O2/c20-14-8-5-12(6-9-14)13-7-10-16-15-3-1-2-4-17(15)19(21)18(16)11-13/h1-11,20H. The number of benzene rings is 3. The van der Waals surface area contributed by atoms with E-state index in [0.29, 0.717) is 0 Å². The quantitative estimate of drug-likeness (QED) is 0.562. The molecule has 3 aromatic carbocycles. The fourth-order valence-corrected chi connectivity index (χ4v) is 2.86. The SMILES string of the molecule is O=C1c2ccccc2-c2ccc(-c3ccc(O)cc3)cc21. The molecule has 0 fully saturated rings. The second kappa shape index (κ2) is 4.32. The van der Waals surface area contributed by atoms with Crippen molar-refractivity contribution in [2.45, 2.75) is 0 Å². The minimum Gasteiger partial charge on any atom is -0.508 e. The predicted octanol–water partition coefficient (Wildman–Crippen LogP) is 4.27. The van der Waals surface area contributed by atoms with E-state index in [-0.39, 0.29) is 11.5 Å². The first-order chi connectivity index (χ1) is 10.2. The highest BCUT2D eigenvalue weighted by molar-refractivity contribution is 6.22. The molecule has 0 aromatic heterocycles. The van der Waals surface area contributed by atoms with Gasteiger partial charge in [0.2, 0.25) is 0 Å². The lowest BCUT2D eigenvalue weighted by Gasteiger charge is -2.05. The second-order valence-electron chi connectivity index (χ2n) is 5.18. The molecular formula is C19H12O2. The Morgan fingerprint density at radius 2 is 1.24 bits per heavy atom. The van der Waals surface area contributed by atoms with Crippen molar-refractivity contribution in [3.8, 4) is 28.0 Å². The van der Waals surface area contributed by atoms with Gasteiger partial charge in [-0.25, -0.2) is 0 Å². The number of rotatable bonds is 1. The molecule has 4 rings (SSSR count). The van der Waals surface area contributed by atoms with Gasteiger partial charge in [0.15, 0.2) is 5.78 Å². The highest BCUT2D eigenvalue weighted by Crippen LogP contribution is 2.38. The Bertz CT molecular complexity index is 861. The fraction of sp³-hybridized carbons (Fsp3) is 0. The molecule has 100 valence electrons. The van der Waals surface area contributed by atoms with E-state index in [1.54, 1.807) is 12.1 Å². The van der Waals surface area contributed by atoms with Crippen molar-refractivity contribution in [3.05, 3.63) is 77.9 Å². The van der Waals surface area contributed by atoms with Gasteiger partial charge in [0.1, 0.15) is 5.75 Å². The molecule has 0 bridgehead atoms. The van der Waals surface area contributed by atoms with Gasteiger partial charge in [-0.3, -0.25) is 4.79 Å². The van der Waals surface area contributed by atoms with Gasteiger partial charge in [0.05, 0.1) is 0 Å². The normalized spacial score (nSPS) is 12.1. The molecule has 1 N–H and O–H groups in total. The number of hydrogen-bond acceptors (Lipinski definition) is 2. The largest absolute Gasteiger partial charge is 0.508 e. The van der Waals surface area contributed by atoms with Crippen molar-refractivity contribution < 1.29 is 9.90 Å². The first-order valence-electron chi connectivity index (χ1n) is 6.81. The van der Waals surface area contributed by atoms with Crippen LogP contribution in [0.1, 0.15) is 15.9 Å². The van der Waals surface area contributed by atoms with Crippen LogP contribution in [-0.4, -0.2) is 10.9 Å². The van der Waals surface area contributed by atoms with Gasteiger partial charge in [-0.15, -0.1) is 0 Å². The molecule has 0 spiro atoms. The summed E-state index contributed by atoms with van der Waals surface area (Å²) in [5, 5.41) is 9.36. The van der Waals surface area contributed by atoms with Crippen LogP contribution in [-0.2, 0) is 0 Å². The minimum atomic E-state index is 0.0845. The molecule has 3 aromatic rings. The summed E-state index contributed by atoms with van der Waals surface area (Å²) in [6.07, 6.45) is 0. The summed E-state index contributed by atoms with van der Waals surface area (Å²) in [6, 6.07) is 20.7. The van der Waals surface area contributed by atoms with Crippen molar-refractivity contribution >= 4 is 5.78 Å². The zero-order chi connectivity index (χ0) is 14.4. The molecule has 1 aliphatic rings. The average molecular weight is 272 g/mol. The Balaban J connectivity index is 1.87. The molecule has 0 unspecified atom stereocenters. The first-order valence-corrected chi connectivity index (χ1v) is 6.81. The third-order valence-electron chi connectivity index (χ3n) is 3.93. The van der Waals surface area contributed by atoms with Gasteiger partial charge in [-0.1, -0.05) is 48.5 Å². The van der Waals surface area contributed by atoms with Gasteiger partial charge >= 0.3 is 0 Å². The molecule has 0 aliphatic heterocycles. The van der Waals surface area contributed by atoms with Crippen LogP contribution in [0.25, 0.3) is 22.3 Å². The van der Waals surface area contributed by atoms with E-state index in [2.05, 4.69) is 0 Å². The van der Waals surface area contributed by atoms with Crippen LogP contribution in [0.15, 0.2) is 66.7 Å². The van der Waals surface area contributed by atoms with Crippen LogP contribution < -0.4 is 0 Å². The zero-order valence-electron chi connectivity index (χ0n) is 11.2. The van der Waals surface area contributed by atoms with Crippen LogP contribution >= 0.6 is 0 Å². The average Bonchev–Trinajstić information content (AvgIpc) is 2.81. The number of phenols is 1. The van der Waals surface area contributed by atoms with E-state index in [9.17, 15) is 9.90 Å². The maximum absolute atomic E-state index is 12.5. The van der Waals surface area contributed by atoms with Crippen LogP contribution in [0.3, 0.4) is 0 Å². The Labute approximate surface area is 122 Å². The highest BCUT2D eigenvalue weighted by Gasteiger charge is 2.26. The third-order valence-corrected chi connectivity index (χ3v) is 3.93. The van der Waals surface area contributed by atoms with Crippen molar-refractivity contribution in [1.82, 2.24) is 0 Å². The van der Waals surface area contributed by atoms with Crippen molar-refractivity contribution in [3.63, 3.8) is 0 Å². The van der Waals surface area contributed by atoms with Crippen LogP contribution in [0.5, 0.6) is 5.75 Å². The Hall–Kier alpha value is -2.87. The smallest absolute Gasteiger partial charge is 0.194 e. The molecule has 0 radical (unpaired) electrons. The summed E-state index contributed by atoms with van der Waals surface area (Å²) in [4.78, 5) is 12.5. The molecule has 1 aliphatic carbocycles. The molecule has 0 saturated carbocycles. The molecule has 0 amide bonds. The summed E-state index contributed by atoms with van der Waals surface area (Å²) in [5.41, 5.74) is 5.50. The number of carbonyl (C=O) groups is 1. The number of hydrogen-bond donors (Lipinski definition) is 1. The van der Waals surface area contributed by atoms with Crippen molar-refractivity contribution in [2.75, 3.05) is 0 Å². The van der Waals surface area contributed by atoms with Crippen LogP contribution in [0, 0.1) is 0 Å². The van der Waals surface area contributed by atoms with E-state index in [4.69, 9.17) is 0 Å². The number of ketones is 1. The molecular weight excluding hydrogens is 260 g/mol. The van der Waals surface area contributed by atoms with Crippen LogP contribution in [0.4, 0.5) is 0 Å². The van der Waals surface area contributed by atoms with Gasteiger partial charge < -0.3 is 5.11 Å². The Kier molecular flexibility index (Phi) is 2.45. The first kappa shape index (κ1) is 11.9. The maximum Gasteiger partial charge on any atom is 0.194 e. The number of phenolic OH excluding ortho intramolecular Hbond substituents is 1. The summed E-state index contributed by atoms with van der Waals surface area (Å²) in [7, 11) is 0. The lowest BCUT2D eigenvalue weighted by Crippen LogP contribution is -1.95. The number of aromatic hydroxyl groups is 1. The van der Waals surface area contributed by atoms with Gasteiger partial charge in [-0.05, 0) is 40.5 Å². The summed E-state index contributed by atoms with van der Waals surface area (Å²) >= 11 is 0. The summed E-state index contributed by atoms with van der Waals surface area (Å²) < 4.78 is 0. The third kappa shape index (κ3) is 1.77. The van der Waals surface area contributed by atoms with E-state index < -0.39 is 0 Å². The van der Waals surface area contributed by atoms with Gasteiger partial charge in [0.25, 0.3) is 0 Å². The van der Waals surface area contributed by atoms with E-state index in [1.165, 1.54) is 0 Å². The lowest BCUT2D eigenvalue weighted by atomic mass is 9.99. The van der Waals surface area contributed by atoms with E-state index in [1.807, 2.05) is 54.6 Å². The van der Waals surface area contributed by atoms with E-state index >= 15 is 0 Å². The molecule has 0 saturated heterocycles. The minimum absolute atomic E-state index is 0.0845.